The lowest BCUT2D eigenvalue weighted by Gasteiger charge is -2.23. The van der Waals surface area contributed by atoms with Gasteiger partial charge in [-0.25, -0.2) is 9.78 Å². The van der Waals surface area contributed by atoms with Gasteiger partial charge in [0, 0.05) is 28.2 Å². The van der Waals surface area contributed by atoms with E-state index in [2.05, 4.69) is 43.7 Å². The lowest BCUT2D eigenvalue weighted by Crippen LogP contribution is -2.45. The summed E-state index contributed by atoms with van der Waals surface area (Å²) in [7, 11) is 0. The molecule has 0 spiro atoms. The van der Waals surface area contributed by atoms with Crippen molar-refractivity contribution in [2.24, 2.45) is 0 Å². The van der Waals surface area contributed by atoms with Crippen molar-refractivity contribution < 1.29 is 14.3 Å². The second-order valence-corrected chi connectivity index (χ2v) is 10.4. The minimum Gasteiger partial charge on any atom is -0.444 e. The van der Waals surface area contributed by atoms with Gasteiger partial charge in [-0.1, -0.05) is 34.5 Å². The Morgan fingerprint density at radius 1 is 1.06 bits per heavy atom. The number of nitrogens with zero attached hydrogens (tertiary/aromatic N) is 2. The van der Waals surface area contributed by atoms with Crippen molar-refractivity contribution in [1.29, 1.82) is 0 Å². The fraction of sp³-hybridized carbons (Fsp3) is 0.370. The van der Waals surface area contributed by atoms with Crippen LogP contribution in [0.4, 0.5) is 10.5 Å². The second-order valence-electron chi connectivity index (χ2n) is 9.45. The standard InChI is InChI=1S/C27H33BrN4O3/c1-19-29-17-18-32(19)23-15-13-22(14-16-23)30-25(33)24(31-26(34)35-27(2,3)4)8-6-5-7-20-9-11-21(28)12-10-20/h9-18,24H,5-8H2,1-4H3,(H,30,33)(H,31,34). The molecule has 2 amide bonds. The van der Waals surface area contributed by atoms with E-state index in [0.29, 0.717) is 12.1 Å². The molecule has 186 valence electrons. The Morgan fingerprint density at radius 3 is 2.34 bits per heavy atom. The Bertz CT molecular complexity index is 1120. The molecule has 0 fully saturated rings. The van der Waals surface area contributed by atoms with Gasteiger partial charge in [0.2, 0.25) is 5.91 Å². The first kappa shape index (κ1) is 26.5. The first-order chi connectivity index (χ1) is 16.6. The molecular weight excluding hydrogens is 508 g/mol. The highest BCUT2D eigenvalue weighted by atomic mass is 79.9. The van der Waals surface area contributed by atoms with Crippen LogP contribution < -0.4 is 10.6 Å². The summed E-state index contributed by atoms with van der Waals surface area (Å²) in [6.07, 6.45) is 6.13. The third-order valence-electron chi connectivity index (χ3n) is 5.37. The Hall–Kier alpha value is -3.13. The number of carbonyl (C=O) groups excluding carboxylic acids is 2. The molecule has 2 N–H and O–H groups in total. The van der Waals surface area contributed by atoms with Gasteiger partial charge < -0.3 is 19.9 Å². The van der Waals surface area contributed by atoms with Gasteiger partial charge in [-0.2, -0.15) is 0 Å². The zero-order valence-electron chi connectivity index (χ0n) is 20.7. The van der Waals surface area contributed by atoms with E-state index in [1.165, 1.54) is 5.56 Å². The normalized spacial score (nSPS) is 12.1. The van der Waals surface area contributed by atoms with Crippen molar-refractivity contribution in [3.05, 3.63) is 76.8 Å². The molecule has 0 saturated carbocycles. The molecular formula is C27H33BrN4O3. The fourth-order valence-electron chi connectivity index (χ4n) is 3.63. The van der Waals surface area contributed by atoms with Crippen LogP contribution in [-0.4, -0.2) is 33.2 Å². The number of alkyl carbamates (subject to hydrolysis) is 1. The average molecular weight is 541 g/mol. The summed E-state index contributed by atoms with van der Waals surface area (Å²) in [5.74, 6) is 0.609. The SMILES string of the molecule is Cc1nccn1-c1ccc(NC(=O)C(CCCCc2ccc(Br)cc2)NC(=O)OC(C)(C)C)cc1. The van der Waals surface area contributed by atoms with E-state index in [1.54, 1.807) is 27.0 Å². The van der Waals surface area contributed by atoms with Crippen LogP contribution in [0.1, 0.15) is 51.4 Å². The van der Waals surface area contributed by atoms with Crippen LogP contribution in [0.2, 0.25) is 0 Å². The van der Waals surface area contributed by atoms with Gasteiger partial charge in [-0.05, 0) is 88.9 Å². The maximum Gasteiger partial charge on any atom is 0.408 e. The highest BCUT2D eigenvalue weighted by molar-refractivity contribution is 9.10. The molecule has 0 aliphatic carbocycles. The predicted octanol–water partition coefficient (Wildman–Crippen LogP) is 6.19. The summed E-state index contributed by atoms with van der Waals surface area (Å²) < 4.78 is 8.39. The molecule has 0 aliphatic heterocycles. The number of ether oxygens (including phenoxy) is 1. The summed E-state index contributed by atoms with van der Waals surface area (Å²) in [6, 6.07) is 15.0. The van der Waals surface area contributed by atoms with E-state index in [0.717, 1.165) is 35.2 Å². The predicted molar refractivity (Wildman–Crippen MR) is 142 cm³/mol. The largest absolute Gasteiger partial charge is 0.444 e. The maximum absolute atomic E-state index is 13.1. The minimum absolute atomic E-state index is 0.272. The van der Waals surface area contributed by atoms with E-state index in [-0.39, 0.29) is 5.91 Å². The van der Waals surface area contributed by atoms with Crippen LogP contribution >= 0.6 is 15.9 Å². The smallest absolute Gasteiger partial charge is 0.408 e. The van der Waals surface area contributed by atoms with Crippen LogP contribution in [0.5, 0.6) is 0 Å². The fourth-order valence-corrected chi connectivity index (χ4v) is 3.90. The van der Waals surface area contributed by atoms with Gasteiger partial charge in [-0.3, -0.25) is 4.79 Å². The molecule has 1 aromatic heterocycles. The molecule has 0 saturated heterocycles. The number of imidazole rings is 1. The number of anilines is 1. The summed E-state index contributed by atoms with van der Waals surface area (Å²) in [6.45, 7) is 7.32. The van der Waals surface area contributed by atoms with E-state index < -0.39 is 17.7 Å². The number of hydrogen-bond acceptors (Lipinski definition) is 4. The number of aryl methyl sites for hydroxylation is 2. The van der Waals surface area contributed by atoms with Crippen molar-refractivity contribution in [2.45, 2.75) is 65.0 Å². The molecule has 0 bridgehead atoms. The average Bonchev–Trinajstić information content (AvgIpc) is 3.22. The van der Waals surface area contributed by atoms with Gasteiger partial charge >= 0.3 is 6.09 Å². The molecule has 0 aliphatic rings. The molecule has 35 heavy (non-hydrogen) atoms. The zero-order valence-corrected chi connectivity index (χ0v) is 22.3. The number of amides is 2. The topological polar surface area (TPSA) is 85.3 Å². The van der Waals surface area contributed by atoms with Crippen LogP contribution in [-0.2, 0) is 16.0 Å². The van der Waals surface area contributed by atoms with E-state index in [4.69, 9.17) is 4.74 Å². The van der Waals surface area contributed by atoms with Gasteiger partial charge in [0.25, 0.3) is 0 Å². The van der Waals surface area contributed by atoms with Crippen LogP contribution in [0.3, 0.4) is 0 Å². The summed E-state index contributed by atoms with van der Waals surface area (Å²) in [5.41, 5.74) is 2.20. The number of unbranched alkanes of at least 4 members (excludes halogenated alkanes) is 1. The first-order valence-electron chi connectivity index (χ1n) is 11.8. The van der Waals surface area contributed by atoms with Crippen molar-refractivity contribution in [2.75, 3.05) is 5.32 Å². The molecule has 1 unspecified atom stereocenters. The maximum atomic E-state index is 13.1. The third kappa shape index (κ3) is 8.55. The van der Waals surface area contributed by atoms with Crippen molar-refractivity contribution in [3.8, 4) is 5.69 Å². The number of rotatable bonds is 9. The van der Waals surface area contributed by atoms with Crippen LogP contribution in [0.25, 0.3) is 5.69 Å². The Kier molecular flexibility index (Phi) is 9.09. The number of carbonyl (C=O) groups is 2. The molecule has 2 aromatic carbocycles. The van der Waals surface area contributed by atoms with Gasteiger partial charge in [0.05, 0.1) is 0 Å². The van der Waals surface area contributed by atoms with E-state index in [1.807, 2.05) is 54.1 Å². The van der Waals surface area contributed by atoms with Crippen LogP contribution in [0, 0.1) is 6.92 Å². The van der Waals surface area contributed by atoms with Gasteiger partial charge in [-0.15, -0.1) is 0 Å². The summed E-state index contributed by atoms with van der Waals surface area (Å²) in [4.78, 5) is 29.7. The number of halogens is 1. The number of nitrogens with one attached hydrogen (secondary N) is 2. The second kappa shape index (κ2) is 12.0. The van der Waals surface area contributed by atoms with Gasteiger partial charge in [0.1, 0.15) is 17.5 Å². The molecule has 3 aromatic rings. The third-order valence-corrected chi connectivity index (χ3v) is 5.90. The Balaban J connectivity index is 1.61. The highest BCUT2D eigenvalue weighted by Crippen LogP contribution is 2.17. The monoisotopic (exact) mass is 540 g/mol. The Labute approximate surface area is 215 Å². The Morgan fingerprint density at radius 2 is 1.74 bits per heavy atom. The number of benzene rings is 2. The molecule has 1 heterocycles. The van der Waals surface area contributed by atoms with Crippen molar-refractivity contribution in [3.63, 3.8) is 0 Å². The zero-order chi connectivity index (χ0) is 25.4. The first-order valence-corrected chi connectivity index (χ1v) is 12.6. The van der Waals surface area contributed by atoms with Crippen molar-refractivity contribution >= 4 is 33.6 Å². The molecule has 0 radical (unpaired) electrons. The van der Waals surface area contributed by atoms with Crippen LogP contribution in [0.15, 0.2) is 65.4 Å². The number of aromatic nitrogens is 2. The van der Waals surface area contributed by atoms with Crippen molar-refractivity contribution in [1.82, 2.24) is 14.9 Å². The minimum atomic E-state index is -0.703. The summed E-state index contributed by atoms with van der Waals surface area (Å²) in [5, 5.41) is 5.67. The molecule has 7 nitrogen and oxygen atoms in total. The van der Waals surface area contributed by atoms with E-state index >= 15 is 0 Å². The van der Waals surface area contributed by atoms with Gasteiger partial charge in [0.15, 0.2) is 0 Å². The lowest BCUT2D eigenvalue weighted by atomic mass is 10.0. The lowest BCUT2D eigenvalue weighted by molar-refractivity contribution is -0.118. The molecule has 8 heteroatoms. The highest BCUT2D eigenvalue weighted by Gasteiger charge is 2.24. The molecule has 1 atom stereocenters. The van der Waals surface area contributed by atoms with E-state index in [9.17, 15) is 9.59 Å². The molecule has 3 rings (SSSR count). The summed E-state index contributed by atoms with van der Waals surface area (Å²) >= 11 is 3.45. The number of hydrogen-bond donors (Lipinski definition) is 2. The quantitative estimate of drug-likeness (QED) is 0.317.